The fraction of sp³-hybridized carbons (Fsp3) is 0.353. The zero-order valence-electron chi connectivity index (χ0n) is 14.7. The summed E-state index contributed by atoms with van der Waals surface area (Å²) in [6, 6.07) is 4.86. The Kier molecular flexibility index (Phi) is 6.78. The van der Waals surface area contributed by atoms with Gasteiger partial charge in [-0.15, -0.1) is 0 Å². The zero-order chi connectivity index (χ0) is 19.2. The van der Waals surface area contributed by atoms with E-state index in [2.05, 4.69) is 9.97 Å². The summed E-state index contributed by atoms with van der Waals surface area (Å²) >= 11 is 0. The van der Waals surface area contributed by atoms with Gasteiger partial charge in [0.05, 0.1) is 17.5 Å². The van der Waals surface area contributed by atoms with Gasteiger partial charge in [-0.25, -0.2) is 8.42 Å². The van der Waals surface area contributed by atoms with Crippen molar-refractivity contribution in [2.24, 2.45) is 0 Å². The fourth-order valence-corrected chi connectivity index (χ4v) is 2.85. The van der Waals surface area contributed by atoms with Gasteiger partial charge in [0.15, 0.2) is 21.9 Å². The lowest BCUT2D eigenvalue weighted by Gasteiger charge is -2.17. The molecule has 0 aromatic carbocycles. The van der Waals surface area contributed by atoms with Gasteiger partial charge in [0.1, 0.15) is 18.1 Å². The molecule has 2 rings (SSSR count). The number of hydrogen-bond donors (Lipinski definition) is 0. The molecule has 0 radical (unpaired) electrons. The van der Waals surface area contributed by atoms with Crippen LogP contribution >= 0.6 is 0 Å². The molecule has 0 aliphatic carbocycles. The Morgan fingerprint density at radius 3 is 2.46 bits per heavy atom. The van der Waals surface area contributed by atoms with Crippen LogP contribution in [0.1, 0.15) is 27.9 Å². The van der Waals surface area contributed by atoms with E-state index in [9.17, 15) is 13.2 Å². The molecule has 26 heavy (non-hydrogen) atoms. The summed E-state index contributed by atoms with van der Waals surface area (Å²) in [5, 5.41) is 0. The number of nitrogens with zero attached hydrogens (tertiary/aromatic N) is 2. The van der Waals surface area contributed by atoms with E-state index in [-0.39, 0.29) is 12.2 Å². The molecule has 0 saturated heterocycles. The van der Waals surface area contributed by atoms with Crippen molar-refractivity contribution in [3.63, 3.8) is 0 Å². The Balaban J connectivity index is 2.06. The molecule has 0 aliphatic rings. The van der Waals surface area contributed by atoms with Crippen LogP contribution in [0.25, 0.3) is 0 Å². The molecule has 2 aromatic rings. The second kappa shape index (κ2) is 8.84. The van der Waals surface area contributed by atoms with E-state index in [4.69, 9.17) is 14.2 Å². The molecule has 2 heterocycles. The highest BCUT2D eigenvalue weighted by molar-refractivity contribution is 7.91. The largest absolute Gasteiger partial charge is 0.485 e. The van der Waals surface area contributed by atoms with Gasteiger partial charge >= 0.3 is 0 Å². The summed E-state index contributed by atoms with van der Waals surface area (Å²) in [5.41, 5.74) is 1.49. The van der Waals surface area contributed by atoms with Gasteiger partial charge in [-0.1, -0.05) is 0 Å². The van der Waals surface area contributed by atoms with E-state index >= 15 is 0 Å². The SMILES string of the molecule is COC(OC)c1ccncc1OCc1ccc(C(=O)CS(C)(=O)=O)cn1. The number of Topliss-reactive ketones (excluding diaryl/α,β-unsaturated/α-hetero) is 1. The summed E-state index contributed by atoms with van der Waals surface area (Å²) < 4.78 is 38.6. The number of aromatic nitrogens is 2. The molecular formula is C17H20N2O6S. The Morgan fingerprint density at radius 1 is 1.15 bits per heavy atom. The smallest absolute Gasteiger partial charge is 0.186 e. The number of carbonyl (C=O) groups is 1. The van der Waals surface area contributed by atoms with Crippen LogP contribution in [-0.2, 0) is 25.9 Å². The third-order valence-corrected chi connectivity index (χ3v) is 4.20. The Bertz CT molecular complexity index is 848. The molecule has 0 bridgehead atoms. The van der Waals surface area contributed by atoms with Gasteiger partial charge in [-0.3, -0.25) is 14.8 Å². The molecule has 0 saturated carbocycles. The number of methoxy groups -OCH3 is 2. The summed E-state index contributed by atoms with van der Waals surface area (Å²) in [5.74, 6) is -0.552. The van der Waals surface area contributed by atoms with Crippen LogP contribution in [0.3, 0.4) is 0 Å². The molecule has 8 nitrogen and oxygen atoms in total. The minimum absolute atomic E-state index is 0.138. The summed E-state index contributed by atoms with van der Waals surface area (Å²) in [7, 11) is -0.339. The van der Waals surface area contributed by atoms with Crippen LogP contribution in [0.2, 0.25) is 0 Å². The highest BCUT2D eigenvalue weighted by Gasteiger charge is 2.16. The molecule has 0 atom stereocenters. The van der Waals surface area contributed by atoms with E-state index in [1.165, 1.54) is 26.5 Å². The quantitative estimate of drug-likeness (QED) is 0.477. The number of ketones is 1. The van der Waals surface area contributed by atoms with E-state index in [1.807, 2.05) is 0 Å². The summed E-state index contributed by atoms with van der Waals surface area (Å²) in [6.45, 7) is 0.138. The third kappa shape index (κ3) is 5.58. The molecule has 0 unspecified atom stereocenters. The average molecular weight is 380 g/mol. The number of carbonyl (C=O) groups excluding carboxylic acids is 1. The van der Waals surface area contributed by atoms with Gasteiger partial charge in [0, 0.05) is 38.4 Å². The molecule has 140 valence electrons. The first-order valence-corrected chi connectivity index (χ1v) is 9.68. The molecular weight excluding hydrogens is 360 g/mol. The molecule has 0 aliphatic heterocycles. The van der Waals surface area contributed by atoms with Crippen molar-refractivity contribution in [3.8, 4) is 5.75 Å². The van der Waals surface area contributed by atoms with Crippen molar-refractivity contribution in [3.05, 3.63) is 53.6 Å². The standard InChI is InChI=1S/C17H20N2O6S/c1-23-17(24-2)14-6-7-18-9-16(14)25-10-13-5-4-12(8-19-13)15(20)11-26(3,21)22/h4-9,17H,10-11H2,1-3H3. The van der Waals surface area contributed by atoms with Crippen molar-refractivity contribution in [1.29, 1.82) is 0 Å². The van der Waals surface area contributed by atoms with Crippen LogP contribution < -0.4 is 4.74 Å². The molecule has 2 aromatic heterocycles. The number of rotatable bonds is 9. The second-order valence-corrected chi connectivity index (χ2v) is 7.68. The van der Waals surface area contributed by atoms with Gasteiger partial charge in [-0.2, -0.15) is 0 Å². The lowest BCUT2D eigenvalue weighted by molar-refractivity contribution is -0.107. The van der Waals surface area contributed by atoms with Crippen LogP contribution in [-0.4, -0.2) is 50.4 Å². The average Bonchev–Trinajstić information content (AvgIpc) is 2.61. The van der Waals surface area contributed by atoms with Crippen molar-refractivity contribution in [2.75, 3.05) is 26.2 Å². The van der Waals surface area contributed by atoms with Gasteiger partial charge in [0.25, 0.3) is 0 Å². The minimum atomic E-state index is -3.38. The second-order valence-electron chi connectivity index (χ2n) is 5.54. The zero-order valence-corrected chi connectivity index (χ0v) is 15.5. The Labute approximate surface area is 152 Å². The minimum Gasteiger partial charge on any atom is -0.485 e. The highest BCUT2D eigenvalue weighted by Crippen LogP contribution is 2.27. The fourth-order valence-electron chi connectivity index (χ4n) is 2.20. The van der Waals surface area contributed by atoms with Crippen LogP contribution in [0.15, 0.2) is 36.8 Å². The van der Waals surface area contributed by atoms with Crippen molar-refractivity contribution < 1.29 is 27.4 Å². The maximum atomic E-state index is 11.9. The summed E-state index contributed by atoms with van der Waals surface area (Å²) in [6.07, 6.45) is 4.91. The highest BCUT2D eigenvalue weighted by atomic mass is 32.2. The lowest BCUT2D eigenvalue weighted by atomic mass is 10.2. The molecule has 0 spiro atoms. The van der Waals surface area contributed by atoms with Gasteiger partial charge < -0.3 is 14.2 Å². The number of sulfone groups is 1. The number of hydrogen-bond acceptors (Lipinski definition) is 8. The van der Waals surface area contributed by atoms with Crippen LogP contribution in [0, 0.1) is 0 Å². The van der Waals surface area contributed by atoms with E-state index in [0.29, 0.717) is 17.0 Å². The molecule has 0 amide bonds. The maximum absolute atomic E-state index is 11.9. The number of ether oxygens (including phenoxy) is 3. The van der Waals surface area contributed by atoms with Gasteiger partial charge in [0.2, 0.25) is 0 Å². The van der Waals surface area contributed by atoms with Crippen molar-refractivity contribution in [2.45, 2.75) is 12.9 Å². The lowest BCUT2D eigenvalue weighted by Crippen LogP contribution is -2.15. The number of pyridine rings is 2. The molecule has 0 fully saturated rings. The predicted molar refractivity (Wildman–Crippen MR) is 93.6 cm³/mol. The van der Waals surface area contributed by atoms with Crippen LogP contribution in [0.5, 0.6) is 5.75 Å². The third-order valence-electron chi connectivity index (χ3n) is 3.41. The monoisotopic (exact) mass is 380 g/mol. The summed E-state index contributed by atoms with van der Waals surface area (Å²) in [4.78, 5) is 20.0. The predicted octanol–water partition coefficient (Wildman–Crippen LogP) is 1.57. The first-order chi connectivity index (χ1) is 12.3. The first-order valence-electron chi connectivity index (χ1n) is 7.62. The molecule has 9 heteroatoms. The Hall–Kier alpha value is -2.36. The topological polar surface area (TPSA) is 105 Å². The van der Waals surface area contributed by atoms with Crippen LogP contribution in [0.4, 0.5) is 0 Å². The first kappa shape index (κ1) is 20.0. The maximum Gasteiger partial charge on any atom is 0.186 e. The van der Waals surface area contributed by atoms with E-state index < -0.39 is 27.7 Å². The van der Waals surface area contributed by atoms with Gasteiger partial charge in [-0.05, 0) is 18.2 Å². The normalized spacial score (nSPS) is 11.5. The van der Waals surface area contributed by atoms with E-state index in [1.54, 1.807) is 24.5 Å². The van der Waals surface area contributed by atoms with E-state index in [0.717, 1.165) is 6.26 Å². The van der Waals surface area contributed by atoms with Crippen molar-refractivity contribution in [1.82, 2.24) is 9.97 Å². The molecule has 0 N–H and O–H groups in total. The van der Waals surface area contributed by atoms with Crippen molar-refractivity contribution >= 4 is 15.6 Å². The Morgan fingerprint density at radius 2 is 1.88 bits per heavy atom.